The predicted molar refractivity (Wildman–Crippen MR) is 149 cm³/mol. The van der Waals surface area contributed by atoms with Gasteiger partial charge in [-0.25, -0.2) is 18.5 Å². The molecular weight excluding hydrogens is 520 g/mol. The number of aryl methyl sites for hydroxylation is 2. The molecule has 0 unspecified atom stereocenters. The molecule has 0 aliphatic carbocycles. The minimum absolute atomic E-state index is 0.00574. The number of morpholine rings is 1. The molecule has 0 radical (unpaired) electrons. The zero-order chi connectivity index (χ0) is 27.7. The van der Waals surface area contributed by atoms with Crippen molar-refractivity contribution >= 4 is 26.6 Å². The van der Waals surface area contributed by atoms with Crippen molar-refractivity contribution in [3.05, 3.63) is 63.2 Å². The van der Waals surface area contributed by atoms with Gasteiger partial charge in [0.15, 0.2) is 0 Å². The van der Waals surface area contributed by atoms with Gasteiger partial charge in [-0.1, -0.05) is 0 Å². The maximum atomic E-state index is 13.8. The average Bonchev–Trinajstić information content (AvgIpc) is 3.43. The number of sulfonamides is 1. The third-order valence-corrected chi connectivity index (χ3v) is 8.52. The Hall–Kier alpha value is -2.83. The van der Waals surface area contributed by atoms with Crippen molar-refractivity contribution in [2.24, 2.45) is 5.14 Å². The molecule has 2 aromatic carbocycles. The Morgan fingerprint density at radius 3 is 2.56 bits per heavy atom. The Morgan fingerprint density at radius 2 is 1.90 bits per heavy atom. The van der Waals surface area contributed by atoms with Crippen LogP contribution in [0, 0.1) is 13.8 Å². The van der Waals surface area contributed by atoms with Gasteiger partial charge >= 0.3 is 0 Å². The zero-order valence-corrected chi connectivity index (χ0v) is 23.5. The number of hydrogen-bond acceptors (Lipinski definition) is 8. The fourth-order valence-electron chi connectivity index (χ4n) is 5.64. The Bertz CT molecular complexity index is 1510. The van der Waals surface area contributed by atoms with Crippen LogP contribution in [0.15, 0.2) is 40.0 Å². The molecule has 210 valence electrons. The van der Waals surface area contributed by atoms with Crippen LogP contribution in [0.3, 0.4) is 0 Å². The number of nitrogens with two attached hydrogens (primary N) is 1. The van der Waals surface area contributed by atoms with E-state index in [4.69, 9.17) is 24.3 Å². The number of ether oxygens (including phenoxy) is 3. The summed E-state index contributed by atoms with van der Waals surface area (Å²) in [6.07, 6.45) is 2.02. The summed E-state index contributed by atoms with van der Waals surface area (Å²) in [5.74, 6) is 0.637. The summed E-state index contributed by atoms with van der Waals surface area (Å²) in [6.45, 7) is 7.37. The summed E-state index contributed by atoms with van der Waals surface area (Å²) in [4.78, 5) is 21.2. The Balaban J connectivity index is 1.50. The molecule has 0 amide bonds. The van der Waals surface area contributed by atoms with E-state index in [1.807, 2.05) is 32.0 Å². The van der Waals surface area contributed by atoms with Crippen molar-refractivity contribution in [2.75, 3.05) is 44.9 Å². The number of nitrogens with zero attached hydrogens (tertiary/aromatic N) is 3. The number of anilines is 1. The van der Waals surface area contributed by atoms with Gasteiger partial charge in [0.05, 0.1) is 35.1 Å². The van der Waals surface area contributed by atoms with E-state index >= 15 is 0 Å². The second-order valence-corrected chi connectivity index (χ2v) is 11.9. The van der Waals surface area contributed by atoms with Crippen molar-refractivity contribution in [3.63, 3.8) is 0 Å². The molecule has 5 rings (SSSR count). The van der Waals surface area contributed by atoms with E-state index in [0.717, 1.165) is 41.8 Å². The fourth-order valence-corrected chi connectivity index (χ4v) is 6.33. The number of rotatable bonds is 8. The Labute approximate surface area is 228 Å². The SMILES string of the molecule is COC[C@H]1CN(c2ccc3c(=O)n(CCc4c(C)cc(S(N)(=O)=O)cc4C)c([C@@H]4CCCO4)nc3c2)CCO1. The highest BCUT2D eigenvalue weighted by Crippen LogP contribution is 2.29. The summed E-state index contributed by atoms with van der Waals surface area (Å²) in [5.41, 5.74) is 4.17. The lowest BCUT2D eigenvalue weighted by molar-refractivity contribution is -0.0100. The predicted octanol–water partition coefficient (Wildman–Crippen LogP) is 2.61. The van der Waals surface area contributed by atoms with Crippen LogP contribution < -0.4 is 15.6 Å². The van der Waals surface area contributed by atoms with E-state index in [0.29, 0.717) is 56.1 Å². The van der Waals surface area contributed by atoms with Crippen LogP contribution in [0.5, 0.6) is 0 Å². The Morgan fingerprint density at radius 1 is 1.13 bits per heavy atom. The number of hydrogen-bond donors (Lipinski definition) is 1. The lowest BCUT2D eigenvalue weighted by Gasteiger charge is -2.34. The van der Waals surface area contributed by atoms with Crippen molar-refractivity contribution in [2.45, 2.75) is 56.8 Å². The molecule has 3 aromatic rings. The molecule has 2 atom stereocenters. The van der Waals surface area contributed by atoms with Gasteiger partial charge in [-0.15, -0.1) is 0 Å². The lowest BCUT2D eigenvalue weighted by atomic mass is 10.00. The largest absolute Gasteiger partial charge is 0.382 e. The van der Waals surface area contributed by atoms with Crippen LogP contribution in [0.4, 0.5) is 5.69 Å². The summed E-state index contributed by atoms with van der Waals surface area (Å²) in [7, 11) is -2.13. The number of methoxy groups -OCH3 is 1. The maximum absolute atomic E-state index is 13.8. The van der Waals surface area contributed by atoms with E-state index in [2.05, 4.69) is 4.90 Å². The molecule has 0 spiro atoms. The number of aromatic nitrogens is 2. The van der Waals surface area contributed by atoms with Gasteiger partial charge in [0.2, 0.25) is 10.0 Å². The summed E-state index contributed by atoms with van der Waals surface area (Å²) < 4.78 is 42.5. The quantitative estimate of drug-likeness (QED) is 0.449. The van der Waals surface area contributed by atoms with Crippen LogP contribution in [-0.4, -0.2) is 64.1 Å². The van der Waals surface area contributed by atoms with Crippen molar-refractivity contribution in [1.29, 1.82) is 0 Å². The van der Waals surface area contributed by atoms with E-state index in [-0.39, 0.29) is 22.7 Å². The third-order valence-electron chi connectivity index (χ3n) is 7.63. The number of primary sulfonamides is 1. The molecule has 0 saturated carbocycles. The van der Waals surface area contributed by atoms with E-state index < -0.39 is 10.0 Å². The summed E-state index contributed by atoms with van der Waals surface area (Å²) in [5, 5.41) is 5.90. The summed E-state index contributed by atoms with van der Waals surface area (Å²) in [6, 6.07) is 8.98. The molecule has 0 bridgehead atoms. The van der Waals surface area contributed by atoms with Crippen molar-refractivity contribution < 1.29 is 22.6 Å². The minimum Gasteiger partial charge on any atom is -0.382 e. The molecule has 39 heavy (non-hydrogen) atoms. The Kier molecular flexibility index (Phi) is 8.06. The normalized spacial score (nSPS) is 20.2. The topological polar surface area (TPSA) is 126 Å². The monoisotopic (exact) mass is 556 g/mol. The molecule has 2 aliphatic heterocycles. The van der Waals surface area contributed by atoms with Crippen molar-refractivity contribution in [3.8, 4) is 0 Å². The first kappa shape index (κ1) is 27.7. The highest BCUT2D eigenvalue weighted by Gasteiger charge is 2.26. The molecule has 10 nitrogen and oxygen atoms in total. The smallest absolute Gasteiger partial charge is 0.261 e. The average molecular weight is 557 g/mol. The summed E-state index contributed by atoms with van der Waals surface area (Å²) >= 11 is 0. The minimum atomic E-state index is -3.80. The molecule has 11 heteroatoms. The molecule has 2 aliphatic rings. The lowest BCUT2D eigenvalue weighted by Crippen LogP contribution is -2.44. The molecule has 2 saturated heterocycles. The first-order chi connectivity index (χ1) is 18.7. The van der Waals surface area contributed by atoms with E-state index in [1.165, 1.54) is 0 Å². The molecule has 3 heterocycles. The first-order valence-electron chi connectivity index (χ1n) is 13.3. The highest BCUT2D eigenvalue weighted by atomic mass is 32.2. The van der Waals surface area contributed by atoms with Gasteiger partial charge in [0.1, 0.15) is 11.9 Å². The zero-order valence-electron chi connectivity index (χ0n) is 22.7. The number of benzene rings is 2. The maximum Gasteiger partial charge on any atom is 0.261 e. The standard InChI is InChI=1S/C28H36N4O6S/c1-18-13-22(39(29,34)35)14-19(2)23(18)8-9-32-27(26-5-4-11-38-26)30-25-15-20(6-7-24(25)28(32)33)31-10-12-37-21(16-31)17-36-3/h6-7,13-15,21,26H,4-5,8-12,16-17H2,1-3H3,(H2,29,34,35)/t21-,26+/m1/s1. The van der Waals surface area contributed by atoms with Gasteiger partial charge in [0.25, 0.3) is 5.56 Å². The first-order valence-corrected chi connectivity index (χ1v) is 14.8. The van der Waals surface area contributed by atoms with Gasteiger partial charge in [-0.05, 0) is 80.1 Å². The van der Waals surface area contributed by atoms with Crippen LogP contribution in [-0.2, 0) is 37.2 Å². The van der Waals surface area contributed by atoms with Crippen molar-refractivity contribution in [1.82, 2.24) is 9.55 Å². The fraction of sp³-hybridized carbons (Fsp3) is 0.500. The molecule has 1 aromatic heterocycles. The molecule has 2 fully saturated rings. The third kappa shape index (κ3) is 5.87. The van der Waals surface area contributed by atoms with Gasteiger partial charge < -0.3 is 19.1 Å². The van der Waals surface area contributed by atoms with Gasteiger partial charge in [0, 0.05) is 39.0 Å². The highest BCUT2D eigenvalue weighted by molar-refractivity contribution is 7.89. The van der Waals surface area contributed by atoms with Crippen LogP contribution in [0.2, 0.25) is 0 Å². The van der Waals surface area contributed by atoms with Crippen LogP contribution >= 0.6 is 0 Å². The van der Waals surface area contributed by atoms with E-state index in [9.17, 15) is 13.2 Å². The molecule has 2 N–H and O–H groups in total. The number of fused-ring (bicyclic) bond motifs is 1. The van der Waals surface area contributed by atoms with Gasteiger partial charge in [-0.2, -0.15) is 0 Å². The van der Waals surface area contributed by atoms with Crippen LogP contribution in [0.1, 0.15) is 41.5 Å². The van der Waals surface area contributed by atoms with E-state index in [1.54, 1.807) is 23.8 Å². The van der Waals surface area contributed by atoms with Crippen LogP contribution in [0.25, 0.3) is 10.9 Å². The second kappa shape index (κ2) is 11.3. The molecular formula is C28H36N4O6S. The van der Waals surface area contributed by atoms with Gasteiger partial charge in [-0.3, -0.25) is 9.36 Å². The second-order valence-electron chi connectivity index (χ2n) is 10.4.